The third-order valence-corrected chi connectivity index (χ3v) is 2.79. The molecule has 1 N–H and O–H groups in total. The van der Waals surface area contributed by atoms with Gasteiger partial charge in [-0.2, -0.15) is 0 Å². The molecule has 0 fully saturated rings. The molecule has 0 saturated heterocycles. The summed E-state index contributed by atoms with van der Waals surface area (Å²) >= 11 is 0. The van der Waals surface area contributed by atoms with Crippen LogP contribution in [0.2, 0.25) is 0 Å². The maximum atomic E-state index is 3.19. The van der Waals surface area contributed by atoms with E-state index in [-0.39, 0.29) is 0 Å². The molecule has 14 heavy (non-hydrogen) atoms. The van der Waals surface area contributed by atoms with Gasteiger partial charge in [0.1, 0.15) is 0 Å². The Kier molecular flexibility index (Phi) is 4.68. The van der Waals surface area contributed by atoms with Crippen molar-refractivity contribution in [3.05, 3.63) is 35.4 Å². The Hall–Kier alpha value is -0.820. The largest absolute Gasteiger partial charge is 0.316 e. The Bertz CT molecular complexity index is 264. The van der Waals surface area contributed by atoms with Crippen LogP contribution in [0.3, 0.4) is 0 Å². The molecule has 1 nitrogen and oxygen atoms in total. The summed E-state index contributed by atoms with van der Waals surface area (Å²) in [6, 6.07) is 8.92. The van der Waals surface area contributed by atoms with Gasteiger partial charge in [-0.15, -0.1) is 0 Å². The van der Waals surface area contributed by atoms with Gasteiger partial charge in [0.05, 0.1) is 0 Å². The van der Waals surface area contributed by atoms with Crippen molar-refractivity contribution in [2.24, 2.45) is 0 Å². The van der Waals surface area contributed by atoms with Crippen LogP contribution in [0, 0.1) is 0 Å². The van der Waals surface area contributed by atoms with E-state index in [2.05, 4.69) is 43.4 Å². The summed E-state index contributed by atoms with van der Waals surface area (Å²) in [5, 5.41) is 3.19. The highest BCUT2D eigenvalue weighted by Gasteiger charge is 2.06. The number of hydrogen-bond donors (Lipinski definition) is 1. The molecule has 0 spiro atoms. The fraction of sp³-hybridized carbons (Fsp3) is 0.538. The second-order valence-corrected chi connectivity index (χ2v) is 3.79. The van der Waals surface area contributed by atoms with E-state index >= 15 is 0 Å². The van der Waals surface area contributed by atoms with Gasteiger partial charge in [0, 0.05) is 6.54 Å². The molecule has 0 atom stereocenters. The molecule has 1 rings (SSSR count). The molecule has 0 aliphatic carbocycles. The molecule has 1 heteroatoms. The lowest BCUT2D eigenvalue weighted by Crippen LogP contribution is -2.06. The molecule has 78 valence electrons. The minimum Gasteiger partial charge on any atom is -0.316 e. The Morgan fingerprint density at radius 2 is 1.93 bits per heavy atom. The first-order chi connectivity index (χ1) is 6.81. The van der Waals surface area contributed by atoms with Crippen LogP contribution >= 0.6 is 0 Å². The van der Waals surface area contributed by atoms with E-state index < -0.39 is 0 Å². The Balaban J connectivity index is 2.81. The highest BCUT2D eigenvalue weighted by atomic mass is 14.8. The van der Waals surface area contributed by atoms with Gasteiger partial charge in [-0.3, -0.25) is 0 Å². The topological polar surface area (TPSA) is 12.0 Å². The van der Waals surface area contributed by atoms with Gasteiger partial charge in [-0.25, -0.2) is 0 Å². The van der Waals surface area contributed by atoms with Gasteiger partial charge >= 0.3 is 0 Å². The third kappa shape index (κ3) is 2.85. The summed E-state index contributed by atoms with van der Waals surface area (Å²) in [5.41, 5.74) is 2.87. The fourth-order valence-electron chi connectivity index (χ4n) is 1.92. The molecule has 0 bridgehead atoms. The summed E-state index contributed by atoms with van der Waals surface area (Å²) in [7, 11) is 1.99. The summed E-state index contributed by atoms with van der Waals surface area (Å²) in [6.45, 7) is 5.49. The van der Waals surface area contributed by atoms with Gasteiger partial charge in [-0.05, 0) is 36.9 Å². The first-order valence-corrected chi connectivity index (χ1v) is 5.55. The number of hydrogen-bond acceptors (Lipinski definition) is 1. The van der Waals surface area contributed by atoms with E-state index in [1.54, 1.807) is 0 Å². The van der Waals surface area contributed by atoms with Crippen molar-refractivity contribution >= 4 is 0 Å². The molecular formula is C13H21N. The monoisotopic (exact) mass is 191 g/mol. The van der Waals surface area contributed by atoms with Crippen LogP contribution in [0.5, 0.6) is 0 Å². The first kappa shape index (κ1) is 11.3. The lowest BCUT2D eigenvalue weighted by Gasteiger charge is -2.13. The summed E-state index contributed by atoms with van der Waals surface area (Å²) in [6.07, 6.45) is 2.47. The first-order valence-electron chi connectivity index (χ1n) is 5.55. The quantitative estimate of drug-likeness (QED) is 0.753. The Morgan fingerprint density at radius 3 is 2.50 bits per heavy atom. The molecule has 0 unspecified atom stereocenters. The van der Waals surface area contributed by atoms with Crippen LogP contribution in [0.4, 0.5) is 0 Å². The molecule has 0 aliphatic rings. The molecular weight excluding hydrogens is 170 g/mol. The zero-order valence-electron chi connectivity index (χ0n) is 9.51. The zero-order valence-corrected chi connectivity index (χ0v) is 9.51. The smallest absolute Gasteiger partial charge is 0.0202 e. The van der Waals surface area contributed by atoms with E-state index in [1.165, 1.54) is 24.0 Å². The van der Waals surface area contributed by atoms with Crippen LogP contribution in [-0.4, -0.2) is 7.05 Å². The van der Waals surface area contributed by atoms with Crippen molar-refractivity contribution in [2.45, 2.75) is 39.2 Å². The van der Waals surface area contributed by atoms with E-state index in [1.807, 2.05) is 7.05 Å². The maximum Gasteiger partial charge on any atom is 0.0202 e. The van der Waals surface area contributed by atoms with Crippen molar-refractivity contribution in [1.29, 1.82) is 0 Å². The third-order valence-electron chi connectivity index (χ3n) is 2.79. The molecule has 0 aromatic heterocycles. The average Bonchev–Trinajstić information content (AvgIpc) is 2.21. The Morgan fingerprint density at radius 1 is 1.21 bits per heavy atom. The van der Waals surface area contributed by atoms with Crippen molar-refractivity contribution in [2.75, 3.05) is 7.05 Å². The second-order valence-electron chi connectivity index (χ2n) is 3.79. The highest BCUT2D eigenvalue weighted by Crippen LogP contribution is 2.23. The highest BCUT2D eigenvalue weighted by molar-refractivity contribution is 5.26. The molecule has 1 aromatic carbocycles. The predicted molar refractivity (Wildman–Crippen MR) is 62.5 cm³/mol. The van der Waals surface area contributed by atoms with Crippen LogP contribution < -0.4 is 5.32 Å². The molecule has 0 aliphatic heterocycles. The van der Waals surface area contributed by atoms with Crippen LogP contribution in [0.25, 0.3) is 0 Å². The van der Waals surface area contributed by atoms with E-state index in [4.69, 9.17) is 0 Å². The molecule has 0 saturated carbocycles. The van der Waals surface area contributed by atoms with Crippen molar-refractivity contribution in [3.8, 4) is 0 Å². The van der Waals surface area contributed by atoms with E-state index in [9.17, 15) is 0 Å². The van der Waals surface area contributed by atoms with Crippen LogP contribution in [0.15, 0.2) is 24.3 Å². The molecule has 0 radical (unpaired) electrons. The van der Waals surface area contributed by atoms with E-state index in [0.29, 0.717) is 0 Å². The van der Waals surface area contributed by atoms with Gasteiger partial charge in [0.2, 0.25) is 0 Å². The minimum absolute atomic E-state index is 0.729. The normalized spacial score (nSPS) is 10.9. The fourth-order valence-corrected chi connectivity index (χ4v) is 1.92. The molecule has 1 aromatic rings. The summed E-state index contributed by atoms with van der Waals surface area (Å²) in [4.78, 5) is 0. The average molecular weight is 191 g/mol. The van der Waals surface area contributed by atoms with Gasteiger partial charge in [-0.1, -0.05) is 38.1 Å². The predicted octanol–water partition coefficient (Wildman–Crippen LogP) is 3.31. The van der Waals surface area contributed by atoms with Crippen molar-refractivity contribution < 1.29 is 0 Å². The summed E-state index contributed by atoms with van der Waals surface area (Å²) in [5.74, 6) is 0.729. The second kappa shape index (κ2) is 5.82. The minimum atomic E-state index is 0.729. The van der Waals surface area contributed by atoms with Gasteiger partial charge in [0.15, 0.2) is 0 Å². The lowest BCUT2D eigenvalue weighted by atomic mass is 9.93. The molecule has 0 heterocycles. The van der Waals surface area contributed by atoms with Crippen molar-refractivity contribution in [1.82, 2.24) is 5.32 Å². The van der Waals surface area contributed by atoms with E-state index in [0.717, 1.165) is 12.5 Å². The van der Waals surface area contributed by atoms with Gasteiger partial charge in [0.25, 0.3) is 0 Å². The molecule has 0 amide bonds. The summed E-state index contributed by atoms with van der Waals surface area (Å²) < 4.78 is 0. The maximum absolute atomic E-state index is 3.19. The number of rotatable bonds is 5. The van der Waals surface area contributed by atoms with Crippen molar-refractivity contribution in [3.63, 3.8) is 0 Å². The van der Waals surface area contributed by atoms with Crippen LogP contribution in [0.1, 0.15) is 43.7 Å². The number of benzene rings is 1. The van der Waals surface area contributed by atoms with Crippen LogP contribution in [-0.2, 0) is 6.54 Å². The number of nitrogens with one attached hydrogen (secondary N) is 1. The Labute approximate surface area is 87.5 Å². The lowest BCUT2D eigenvalue weighted by molar-refractivity contribution is 0.640. The van der Waals surface area contributed by atoms with Gasteiger partial charge < -0.3 is 5.32 Å². The zero-order chi connectivity index (χ0) is 10.4. The standard InChI is InChI=1S/C13H21N/c1-4-12(5-2)13-8-6-7-11(9-13)10-14-3/h6-9,12,14H,4-5,10H2,1-3H3. The SMILES string of the molecule is CCC(CC)c1cccc(CNC)c1.